The average Bonchev–Trinajstić information content (AvgIpc) is 3.24. The third-order valence-corrected chi connectivity index (χ3v) is 3.46. The lowest BCUT2D eigenvalue weighted by Gasteiger charge is -2.13. The van der Waals surface area contributed by atoms with E-state index in [0.717, 1.165) is 5.56 Å². The summed E-state index contributed by atoms with van der Waals surface area (Å²) in [6.45, 7) is 5.17. The average molecular weight is 327 g/mol. The van der Waals surface area contributed by atoms with Crippen LogP contribution in [0.25, 0.3) is 11.4 Å². The Hall–Kier alpha value is -3.10. The number of carbonyl (C=O) groups is 1. The van der Waals surface area contributed by atoms with Gasteiger partial charge in [-0.25, -0.2) is 0 Å². The molecule has 1 aromatic carbocycles. The molecule has 0 radical (unpaired) electrons. The Bertz CT molecular complexity index is 827. The van der Waals surface area contributed by atoms with Gasteiger partial charge in [-0.05, 0) is 26.0 Å². The molecular formula is C15H17N7O2. The first-order chi connectivity index (χ1) is 11.5. The van der Waals surface area contributed by atoms with E-state index >= 15 is 0 Å². The number of aryl methyl sites for hydroxylation is 1. The van der Waals surface area contributed by atoms with E-state index < -0.39 is 12.1 Å². The van der Waals surface area contributed by atoms with E-state index in [-0.39, 0.29) is 5.91 Å². The number of benzene rings is 1. The quantitative estimate of drug-likeness (QED) is 0.755. The van der Waals surface area contributed by atoms with Crippen molar-refractivity contribution in [3.8, 4) is 11.4 Å². The van der Waals surface area contributed by atoms with Crippen molar-refractivity contribution in [1.82, 2.24) is 35.7 Å². The minimum Gasteiger partial charge on any atom is -0.343 e. The Morgan fingerprint density at radius 1 is 1.25 bits per heavy atom. The molecule has 0 fully saturated rings. The van der Waals surface area contributed by atoms with Crippen LogP contribution >= 0.6 is 0 Å². The highest BCUT2D eigenvalue weighted by molar-refractivity contribution is 5.79. The molecule has 2 aromatic heterocycles. The molecule has 0 spiro atoms. The van der Waals surface area contributed by atoms with Crippen molar-refractivity contribution >= 4 is 5.91 Å². The normalized spacial score (nSPS) is 13.5. The summed E-state index contributed by atoms with van der Waals surface area (Å²) in [7, 11) is 0. The minimum atomic E-state index is -0.624. The second kappa shape index (κ2) is 6.57. The van der Waals surface area contributed by atoms with Crippen LogP contribution in [-0.2, 0) is 4.79 Å². The Kier molecular flexibility index (Phi) is 4.32. The number of tetrazole rings is 1. The molecule has 0 saturated carbocycles. The second-order valence-corrected chi connectivity index (χ2v) is 5.39. The summed E-state index contributed by atoms with van der Waals surface area (Å²) in [5.41, 5.74) is 0.839. The Balaban J connectivity index is 1.69. The van der Waals surface area contributed by atoms with E-state index in [2.05, 4.69) is 30.9 Å². The molecule has 1 amide bonds. The van der Waals surface area contributed by atoms with Gasteiger partial charge in [0.2, 0.25) is 17.6 Å². The van der Waals surface area contributed by atoms with E-state index in [1.54, 1.807) is 20.8 Å². The van der Waals surface area contributed by atoms with Crippen molar-refractivity contribution in [3.05, 3.63) is 42.0 Å². The van der Waals surface area contributed by atoms with Gasteiger partial charge < -0.3 is 9.84 Å². The van der Waals surface area contributed by atoms with Gasteiger partial charge in [-0.15, -0.1) is 10.2 Å². The van der Waals surface area contributed by atoms with Crippen molar-refractivity contribution in [2.24, 2.45) is 0 Å². The monoisotopic (exact) mass is 327 g/mol. The molecule has 0 aliphatic heterocycles. The molecule has 0 saturated heterocycles. The molecule has 9 heteroatoms. The van der Waals surface area contributed by atoms with Crippen LogP contribution < -0.4 is 5.32 Å². The van der Waals surface area contributed by atoms with Crippen LogP contribution in [0.1, 0.15) is 37.6 Å². The lowest BCUT2D eigenvalue weighted by Crippen LogP contribution is -2.34. The highest BCUT2D eigenvalue weighted by Crippen LogP contribution is 2.15. The van der Waals surface area contributed by atoms with Gasteiger partial charge in [0.1, 0.15) is 12.1 Å². The predicted octanol–water partition coefficient (Wildman–Crippen LogP) is 1.47. The van der Waals surface area contributed by atoms with Gasteiger partial charge in [0.25, 0.3) is 0 Å². The van der Waals surface area contributed by atoms with Crippen molar-refractivity contribution < 1.29 is 9.32 Å². The third-order valence-electron chi connectivity index (χ3n) is 3.46. The fourth-order valence-electron chi connectivity index (χ4n) is 2.08. The summed E-state index contributed by atoms with van der Waals surface area (Å²) >= 11 is 0. The zero-order chi connectivity index (χ0) is 17.1. The van der Waals surface area contributed by atoms with E-state index in [4.69, 9.17) is 4.52 Å². The third kappa shape index (κ3) is 3.29. The highest BCUT2D eigenvalue weighted by Gasteiger charge is 2.22. The molecule has 3 rings (SSSR count). The van der Waals surface area contributed by atoms with Crippen LogP contribution in [0, 0.1) is 6.92 Å². The van der Waals surface area contributed by atoms with Crippen molar-refractivity contribution in [1.29, 1.82) is 0 Å². The molecule has 3 aromatic rings. The van der Waals surface area contributed by atoms with Gasteiger partial charge in [-0.1, -0.05) is 35.5 Å². The van der Waals surface area contributed by atoms with Crippen LogP contribution in [0.4, 0.5) is 0 Å². The fraction of sp³-hybridized carbons (Fsp3) is 0.333. The van der Waals surface area contributed by atoms with Crippen LogP contribution in [0.5, 0.6) is 0 Å². The van der Waals surface area contributed by atoms with Crippen LogP contribution in [0.15, 0.2) is 34.9 Å². The molecule has 0 aliphatic carbocycles. The lowest BCUT2D eigenvalue weighted by molar-refractivity contribution is -0.125. The number of carbonyl (C=O) groups excluding carboxylic acids is 1. The van der Waals surface area contributed by atoms with E-state index in [9.17, 15) is 4.79 Å². The van der Waals surface area contributed by atoms with Gasteiger partial charge in [-0.2, -0.15) is 9.78 Å². The first kappa shape index (κ1) is 15.8. The molecule has 124 valence electrons. The topological polar surface area (TPSA) is 112 Å². The Labute approximate surface area is 138 Å². The highest BCUT2D eigenvalue weighted by atomic mass is 16.5. The number of aromatic nitrogens is 6. The number of nitrogens with one attached hydrogen (secondary N) is 1. The molecule has 9 nitrogen and oxygen atoms in total. The summed E-state index contributed by atoms with van der Waals surface area (Å²) in [5, 5.41) is 18.7. The summed E-state index contributed by atoms with van der Waals surface area (Å²) in [6.07, 6.45) is 0. The van der Waals surface area contributed by atoms with Gasteiger partial charge in [0.15, 0.2) is 5.82 Å². The maximum atomic E-state index is 12.4. The lowest BCUT2D eigenvalue weighted by atomic mass is 10.2. The number of amides is 1. The molecule has 2 atom stereocenters. The summed E-state index contributed by atoms with van der Waals surface area (Å²) in [5.74, 6) is 1.07. The van der Waals surface area contributed by atoms with E-state index in [1.807, 2.05) is 30.3 Å². The van der Waals surface area contributed by atoms with Gasteiger partial charge >= 0.3 is 0 Å². The van der Waals surface area contributed by atoms with Crippen molar-refractivity contribution in [2.45, 2.75) is 32.9 Å². The number of nitrogens with zero attached hydrogens (tertiary/aromatic N) is 6. The smallest absolute Gasteiger partial charge is 0.248 e. The van der Waals surface area contributed by atoms with Gasteiger partial charge in [0, 0.05) is 5.56 Å². The van der Waals surface area contributed by atoms with Gasteiger partial charge in [-0.3, -0.25) is 4.79 Å². The minimum absolute atomic E-state index is 0.268. The maximum absolute atomic E-state index is 12.4. The molecule has 2 heterocycles. The predicted molar refractivity (Wildman–Crippen MR) is 83.6 cm³/mol. The standard InChI is InChI=1S/C15H17N7O2/c1-9(15-17-11(3)20-24-15)16-14(23)10(2)22-19-13(18-21-22)12-7-5-4-6-8-12/h4-10H,1-3H3,(H,16,23)/t9-,10+/m1/s1. The van der Waals surface area contributed by atoms with Crippen molar-refractivity contribution in [2.75, 3.05) is 0 Å². The Morgan fingerprint density at radius 3 is 2.67 bits per heavy atom. The first-order valence-corrected chi connectivity index (χ1v) is 7.50. The first-order valence-electron chi connectivity index (χ1n) is 7.50. The van der Waals surface area contributed by atoms with E-state index in [0.29, 0.717) is 17.5 Å². The largest absolute Gasteiger partial charge is 0.343 e. The SMILES string of the molecule is Cc1noc([C@@H](C)NC(=O)[C@H](C)n2nnc(-c3ccccc3)n2)n1. The molecule has 24 heavy (non-hydrogen) atoms. The Morgan fingerprint density at radius 2 is 2.00 bits per heavy atom. The van der Waals surface area contributed by atoms with Crippen LogP contribution in [0.2, 0.25) is 0 Å². The van der Waals surface area contributed by atoms with Gasteiger partial charge in [0.05, 0.1) is 0 Å². The number of rotatable bonds is 5. The maximum Gasteiger partial charge on any atom is 0.248 e. The molecule has 1 N–H and O–H groups in total. The van der Waals surface area contributed by atoms with Crippen molar-refractivity contribution in [3.63, 3.8) is 0 Å². The van der Waals surface area contributed by atoms with Crippen LogP contribution in [-0.4, -0.2) is 36.3 Å². The zero-order valence-electron chi connectivity index (χ0n) is 13.5. The molecule has 0 bridgehead atoms. The number of hydrogen-bond donors (Lipinski definition) is 1. The molecular weight excluding hydrogens is 310 g/mol. The summed E-state index contributed by atoms with van der Waals surface area (Å²) in [6, 6.07) is 8.42. The zero-order valence-corrected chi connectivity index (χ0v) is 13.5. The fourth-order valence-corrected chi connectivity index (χ4v) is 2.08. The molecule has 0 unspecified atom stereocenters. The number of hydrogen-bond acceptors (Lipinski definition) is 7. The summed E-state index contributed by atoms with van der Waals surface area (Å²) in [4.78, 5) is 17.7. The molecule has 0 aliphatic rings. The van der Waals surface area contributed by atoms with Crippen LogP contribution in [0.3, 0.4) is 0 Å². The second-order valence-electron chi connectivity index (χ2n) is 5.39. The summed E-state index contributed by atoms with van der Waals surface area (Å²) < 4.78 is 5.05. The van der Waals surface area contributed by atoms with E-state index in [1.165, 1.54) is 4.80 Å².